The average molecular weight is 276 g/mol. The van der Waals surface area contributed by atoms with Crippen molar-refractivity contribution in [2.24, 2.45) is 0 Å². The summed E-state index contributed by atoms with van der Waals surface area (Å²) in [4.78, 5) is 4.32. The second kappa shape index (κ2) is 3.42. The van der Waals surface area contributed by atoms with E-state index in [1.807, 2.05) is 11.3 Å². The van der Waals surface area contributed by atoms with Crippen molar-refractivity contribution in [1.82, 2.24) is 4.98 Å². The van der Waals surface area contributed by atoms with Gasteiger partial charge in [0, 0.05) is 20.2 Å². The van der Waals surface area contributed by atoms with Gasteiger partial charge in [-0.25, -0.2) is 4.98 Å². The Morgan fingerprint density at radius 3 is 2.71 bits per heavy atom. The first-order valence-electron chi connectivity index (χ1n) is 5.18. The smallest absolute Gasteiger partial charge is 0.184 e. The normalized spacial score (nSPS) is 11.8. The lowest BCUT2D eigenvalue weighted by atomic mass is 10.1. The van der Waals surface area contributed by atoms with Gasteiger partial charge in [-0.3, -0.25) is 0 Å². The van der Waals surface area contributed by atoms with Gasteiger partial charge in [0.2, 0.25) is 0 Å². The zero-order valence-electron chi connectivity index (χ0n) is 8.61. The van der Waals surface area contributed by atoms with Crippen molar-refractivity contribution in [3.63, 3.8) is 0 Å². The number of benzene rings is 2. The summed E-state index contributed by atoms with van der Waals surface area (Å²) in [5, 5.41) is 2.62. The summed E-state index contributed by atoms with van der Waals surface area (Å²) in [6.45, 7) is 0. The number of nitrogens with zero attached hydrogens (tertiary/aromatic N) is 1. The van der Waals surface area contributed by atoms with Crippen molar-refractivity contribution in [3.05, 3.63) is 40.9 Å². The highest BCUT2D eigenvalue weighted by Crippen LogP contribution is 2.38. The van der Waals surface area contributed by atoms with E-state index in [0.29, 0.717) is 4.47 Å². The van der Waals surface area contributed by atoms with Crippen LogP contribution in [0.3, 0.4) is 0 Å². The van der Waals surface area contributed by atoms with Crippen molar-refractivity contribution in [3.8, 4) is 0 Å². The van der Waals surface area contributed by atoms with Gasteiger partial charge in [-0.15, -0.1) is 22.7 Å². The quantitative estimate of drug-likeness (QED) is 0.423. The molecule has 4 aromatic rings. The van der Waals surface area contributed by atoms with Crippen LogP contribution in [-0.4, -0.2) is 4.98 Å². The summed E-state index contributed by atoms with van der Waals surface area (Å²) in [7, 11) is 0. The molecular weight excluding hydrogens is 270 g/mol. The Balaban J connectivity index is 2.26. The van der Waals surface area contributed by atoms with Gasteiger partial charge in [0.05, 0.1) is 10.2 Å². The summed E-state index contributed by atoms with van der Waals surface area (Å²) < 4.78 is 4.37. The fourth-order valence-corrected chi connectivity index (χ4v) is 4.29. The highest BCUT2D eigenvalue weighted by Gasteiger charge is 2.08. The number of hydrogen-bond acceptors (Lipinski definition) is 3. The molecule has 0 bridgehead atoms. The van der Waals surface area contributed by atoms with Crippen molar-refractivity contribution >= 4 is 64.7 Å². The molecule has 0 aliphatic carbocycles. The monoisotopic (exact) mass is 275 g/mol. The Morgan fingerprint density at radius 2 is 1.76 bits per heavy atom. The van der Waals surface area contributed by atoms with Crippen LogP contribution < -0.4 is 0 Å². The number of halogens is 1. The fraction of sp³-hybridized carbons (Fsp3) is 0. The average Bonchev–Trinajstić information content (AvgIpc) is 2.84. The molecule has 0 aliphatic rings. The molecule has 17 heavy (non-hydrogen) atoms. The third-order valence-corrected chi connectivity index (χ3v) is 5.12. The van der Waals surface area contributed by atoms with E-state index in [1.54, 1.807) is 0 Å². The van der Waals surface area contributed by atoms with Crippen LogP contribution in [0.15, 0.2) is 36.4 Å². The van der Waals surface area contributed by atoms with Crippen LogP contribution in [0.4, 0.5) is 0 Å². The molecule has 0 saturated carbocycles. The van der Waals surface area contributed by atoms with Crippen molar-refractivity contribution in [2.45, 2.75) is 0 Å². The van der Waals surface area contributed by atoms with Crippen LogP contribution in [0, 0.1) is 0 Å². The molecule has 1 nitrogen and oxygen atoms in total. The van der Waals surface area contributed by atoms with Gasteiger partial charge in [0.15, 0.2) is 4.47 Å². The molecule has 0 atom stereocenters. The van der Waals surface area contributed by atoms with Crippen molar-refractivity contribution < 1.29 is 0 Å². The molecule has 0 aliphatic heterocycles. The molecule has 0 spiro atoms. The molecule has 0 N–H and O–H groups in total. The third kappa shape index (κ3) is 1.40. The maximum absolute atomic E-state index is 5.95. The van der Waals surface area contributed by atoms with Crippen LogP contribution >= 0.6 is 34.3 Å². The zero-order valence-corrected chi connectivity index (χ0v) is 11.0. The Morgan fingerprint density at radius 1 is 0.882 bits per heavy atom. The Hall–Kier alpha value is -1.16. The predicted octanol–water partition coefficient (Wildman–Crippen LogP) is 5.32. The number of hydrogen-bond donors (Lipinski definition) is 0. The van der Waals surface area contributed by atoms with Gasteiger partial charge in [-0.2, -0.15) is 0 Å². The molecule has 0 radical (unpaired) electrons. The first-order valence-corrected chi connectivity index (χ1v) is 7.20. The zero-order chi connectivity index (χ0) is 11.4. The first-order chi connectivity index (χ1) is 8.31. The molecule has 0 amide bonds. The van der Waals surface area contributed by atoms with Crippen LogP contribution in [0.2, 0.25) is 4.47 Å². The molecule has 4 heteroatoms. The third-order valence-electron chi connectivity index (χ3n) is 2.86. The number of thiazole rings is 1. The van der Waals surface area contributed by atoms with E-state index < -0.39 is 0 Å². The van der Waals surface area contributed by atoms with Crippen LogP contribution in [0.5, 0.6) is 0 Å². The van der Waals surface area contributed by atoms with Gasteiger partial charge in [-0.05, 0) is 18.2 Å². The summed E-state index contributed by atoms with van der Waals surface area (Å²) >= 11 is 9.29. The largest absolute Gasteiger partial charge is 0.225 e. The molecule has 2 aromatic carbocycles. The second-order valence-corrected chi connectivity index (χ2v) is 6.58. The van der Waals surface area contributed by atoms with E-state index in [9.17, 15) is 0 Å². The molecule has 2 heterocycles. The number of aromatic nitrogens is 1. The van der Waals surface area contributed by atoms with Gasteiger partial charge in [0.1, 0.15) is 0 Å². The number of thiophene rings is 1. The van der Waals surface area contributed by atoms with Gasteiger partial charge in [0.25, 0.3) is 0 Å². The van der Waals surface area contributed by atoms with E-state index in [4.69, 9.17) is 11.6 Å². The summed E-state index contributed by atoms with van der Waals surface area (Å²) in [5.74, 6) is 0. The minimum absolute atomic E-state index is 0.613. The maximum Gasteiger partial charge on any atom is 0.184 e. The second-order valence-electron chi connectivity index (χ2n) is 3.88. The Labute approximate surface area is 110 Å². The summed E-state index contributed by atoms with van der Waals surface area (Å²) in [6.07, 6.45) is 0. The topological polar surface area (TPSA) is 12.9 Å². The van der Waals surface area contributed by atoms with E-state index in [1.165, 1.54) is 31.5 Å². The molecule has 0 unspecified atom stereocenters. The van der Waals surface area contributed by atoms with Crippen LogP contribution in [-0.2, 0) is 0 Å². The lowest BCUT2D eigenvalue weighted by molar-refractivity contribution is 1.51. The standard InChI is InChI=1S/C13H6ClNS2/c14-13-15-9-6-11-8(5-12(9)17-13)7-3-1-2-4-10(7)16-11/h1-6H. The van der Waals surface area contributed by atoms with Crippen molar-refractivity contribution in [1.29, 1.82) is 0 Å². The number of rotatable bonds is 0. The SMILES string of the molecule is Clc1nc2cc3sc4ccccc4c3cc2s1. The van der Waals surface area contributed by atoms with E-state index in [-0.39, 0.29) is 0 Å². The lowest BCUT2D eigenvalue weighted by Gasteiger charge is -1.91. The Bertz CT molecular complexity index is 860. The molecule has 0 saturated heterocycles. The fourth-order valence-electron chi connectivity index (χ4n) is 2.12. The first kappa shape index (κ1) is 9.83. The number of fused-ring (bicyclic) bond motifs is 4. The Kier molecular flexibility index (Phi) is 1.98. The van der Waals surface area contributed by atoms with Crippen LogP contribution in [0.1, 0.15) is 0 Å². The minimum Gasteiger partial charge on any atom is -0.225 e. The van der Waals surface area contributed by atoms with E-state index in [2.05, 4.69) is 41.4 Å². The molecule has 4 rings (SSSR count). The van der Waals surface area contributed by atoms with Crippen molar-refractivity contribution in [2.75, 3.05) is 0 Å². The highest BCUT2D eigenvalue weighted by atomic mass is 35.5. The summed E-state index contributed by atoms with van der Waals surface area (Å²) in [5.41, 5.74) is 0.999. The van der Waals surface area contributed by atoms with E-state index >= 15 is 0 Å². The minimum atomic E-state index is 0.613. The highest BCUT2D eigenvalue weighted by molar-refractivity contribution is 7.26. The molecule has 2 aromatic heterocycles. The van der Waals surface area contributed by atoms with Gasteiger partial charge >= 0.3 is 0 Å². The van der Waals surface area contributed by atoms with Gasteiger partial charge < -0.3 is 0 Å². The van der Waals surface area contributed by atoms with Crippen LogP contribution in [0.25, 0.3) is 30.4 Å². The maximum atomic E-state index is 5.95. The predicted molar refractivity (Wildman–Crippen MR) is 77.5 cm³/mol. The van der Waals surface area contributed by atoms with Gasteiger partial charge in [-0.1, -0.05) is 29.8 Å². The summed E-state index contributed by atoms with van der Waals surface area (Å²) in [6, 6.07) is 12.8. The molecule has 0 fully saturated rings. The van der Waals surface area contributed by atoms with E-state index in [0.717, 1.165) is 10.2 Å². The lowest BCUT2D eigenvalue weighted by Crippen LogP contribution is -1.68. The molecular formula is C13H6ClNS2. The molecule has 82 valence electrons.